The van der Waals surface area contributed by atoms with Crippen LogP contribution < -0.4 is 10.1 Å². The molecule has 1 atom stereocenters. The summed E-state index contributed by atoms with van der Waals surface area (Å²) >= 11 is 3.57. The van der Waals surface area contributed by atoms with Gasteiger partial charge in [0.05, 0.1) is 7.11 Å². The fourth-order valence-electron chi connectivity index (χ4n) is 3.72. The molecule has 5 nitrogen and oxygen atoms in total. The summed E-state index contributed by atoms with van der Waals surface area (Å²) < 4.78 is 6.62. The highest BCUT2D eigenvalue weighted by Gasteiger charge is 2.29. The number of piperazine rings is 1. The highest BCUT2D eigenvalue weighted by atomic mass is 79.9. The van der Waals surface area contributed by atoms with Gasteiger partial charge in [0, 0.05) is 55.2 Å². The molecule has 1 N–H and O–H groups in total. The van der Waals surface area contributed by atoms with Crippen molar-refractivity contribution in [2.24, 2.45) is 0 Å². The van der Waals surface area contributed by atoms with Gasteiger partial charge in [0.15, 0.2) is 0 Å². The minimum Gasteiger partial charge on any atom is -0.496 e. The van der Waals surface area contributed by atoms with E-state index in [0.29, 0.717) is 12.5 Å². The standard InChI is InChI=1S/C18H26BrN3O2.ClH/c1-24-17-5-4-14(19)13-15(17)16-3-2-9-21(16)10-6-18(23)22-11-7-20-8-12-22;/h4-5,13,16,20H,2-3,6-12H2,1H3;1H. The Balaban J connectivity index is 0.00000225. The van der Waals surface area contributed by atoms with Crippen molar-refractivity contribution < 1.29 is 9.53 Å². The summed E-state index contributed by atoms with van der Waals surface area (Å²) in [5.74, 6) is 1.21. The first-order chi connectivity index (χ1) is 11.7. The van der Waals surface area contributed by atoms with E-state index in [1.54, 1.807) is 7.11 Å². The first kappa shape index (κ1) is 20.5. The van der Waals surface area contributed by atoms with Gasteiger partial charge in [-0.25, -0.2) is 0 Å². The van der Waals surface area contributed by atoms with Crippen LogP contribution in [0.3, 0.4) is 0 Å². The molecule has 0 radical (unpaired) electrons. The minimum atomic E-state index is 0. The maximum atomic E-state index is 12.4. The molecule has 3 rings (SSSR count). The average Bonchev–Trinajstić information content (AvgIpc) is 3.08. The van der Waals surface area contributed by atoms with Crippen molar-refractivity contribution in [1.29, 1.82) is 0 Å². The molecular formula is C18H27BrClN3O2. The van der Waals surface area contributed by atoms with E-state index < -0.39 is 0 Å². The van der Waals surface area contributed by atoms with Crippen LogP contribution in [-0.4, -0.2) is 62.1 Å². The van der Waals surface area contributed by atoms with Gasteiger partial charge >= 0.3 is 0 Å². The third-order valence-electron chi connectivity index (χ3n) is 5.00. The molecular weight excluding hydrogens is 406 g/mol. The zero-order valence-corrected chi connectivity index (χ0v) is 17.1. The Morgan fingerprint density at radius 1 is 1.32 bits per heavy atom. The van der Waals surface area contributed by atoms with E-state index in [0.717, 1.165) is 55.9 Å². The number of nitrogens with one attached hydrogen (secondary N) is 1. The summed E-state index contributed by atoms with van der Waals surface area (Å²) in [4.78, 5) is 16.8. The molecule has 7 heteroatoms. The SMILES string of the molecule is COc1ccc(Br)cc1C1CCCN1CCC(=O)N1CCNCC1.Cl. The van der Waals surface area contributed by atoms with Crippen molar-refractivity contribution in [1.82, 2.24) is 15.1 Å². The van der Waals surface area contributed by atoms with Gasteiger partial charge in [0.25, 0.3) is 0 Å². The number of hydrogen-bond donors (Lipinski definition) is 1. The number of hydrogen-bond acceptors (Lipinski definition) is 4. The highest BCUT2D eigenvalue weighted by Crippen LogP contribution is 2.38. The van der Waals surface area contributed by atoms with E-state index in [1.165, 1.54) is 12.0 Å². The summed E-state index contributed by atoms with van der Waals surface area (Å²) in [6, 6.07) is 6.52. The number of ether oxygens (including phenoxy) is 1. The summed E-state index contributed by atoms with van der Waals surface area (Å²) in [6.45, 7) is 5.36. The van der Waals surface area contributed by atoms with Gasteiger partial charge in [0.2, 0.25) is 5.91 Å². The van der Waals surface area contributed by atoms with E-state index in [9.17, 15) is 4.79 Å². The van der Waals surface area contributed by atoms with E-state index in [-0.39, 0.29) is 18.3 Å². The molecule has 0 aliphatic carbocycles. The van der Waals surface area contributed by atoms with E-state index in [4.69, 9.17) is 4.74 Å². The summed E-state index contributed by atoms with van der Waals surface area (Å²) in [7, 11) is 1.72. The fourth-order valence-corrected chi connectivity index (χ4v) is 4.10. The summed E-state index contributed by atoms with van der Waals surface area (Å²) in [5, 5.41) is 3.29. The molecule has 0 bridgehead atoms. The van der Waals surface area contributed by atoms with Crippen LogP contribution in [0.4, 0.5) is 0 Å². The lowest BCUT2D eigenvalue weighted by Gasteiger charge is -2.30. The molecule has 0 saturated carbocycles. The normalized spacial score (nSPS) is 21.0. The van der Waals surface area contributed by atoms with Crippen molar-refractivity contribution in [2.75, 3.05) is 46.4 Å². The van der Waals surface area contributed by atoms with Crippen LogP contribution in [0.5, 0.6) is 5.75 Å². The third kappa shape index (κ3) is 5.09. The van der Waals surface area contributed by atoms with Crippen LogP contribution in [0.15, 0.2) is 22.7 Å². The second-order valence-electron chi connectivity index (χ2n) is 6.46. The highest BCUT2D eigenvalue weighted by molar-refractivity contribution is 9.10. The Kier molecular flexibility index (Phi) is 8.00. The maximum absolute atomic E-state index is 12.4. The van der Waals surface area contributed by atoms with Crippen LogP contribution in [0.2, 0.25) is 0 Å². The lowest BCUT2D eigenvalue weighted by atomic mass is 10.0. The molecule has 0 aromatic heterocycles. The molecule has 2 aliphatic rings. The molecule has 1 aromatic carbocycles. The molecule has 0 spiro atoms. The van der Waals surface area contributed by atoms with Gasteiger partial charge in [-0.3, -0.25) is 9.69 Å². The van der Waals surface area contributed by atoms with Crippen LogP contribution in [0.1, 0.15) is 30.9 Å². The second-order valence-corrected chi connectivity index (χ2v) is 7.38. The number of likely N-dealkylation sites (tertiary alicyclic amines) is 1. The van der Waals surface area contributed by atoms with E-state index in [2.05, 4.69) is 32.2 Å². The van der Waals surface area contributed by atoms with Crippen LogP contribution in [-0.2, 0) is 4.79 Å². The molecule has 2 fully saturated rings. The van der Waals surface area contributed by atoms with E-state index >= 15 is 0 Å². The Labute approximate surface area is 164 Å². The lowest BCUT2D eigenvalue weighted by Crippen LogP contribution is -2.47. The molecule has 2 heterocycles. The van der Waals surface area contributed by atoms with Gasteiger partial charge in [-0.2, -0.15) is 0 Å². The van der Waals surface area contributed by atoms with Crippen molar-refractivity contribution in [3.8, 4) is 5.75 Å². The van der Waals surface area contributed by atoms with Crippen molar-refractivity contribution in [3.63, 3.8) is 0 Å². The van der Waals surface area contributed by atoms with Crippen LogP contribution >= 0.6 is 28.3 Å². The monoisotopic (exact) mass is 431 g/mol. The Morgan fingerprint density at radius 3 is 2.80 bits per heavy atom. The zero-order valence-electron chi connectivity index (χ0n) is 14.7. The smallest absolute Gasteiger partial charge is 0.223 e. The minimum absolute atomic E-state index is 0. The number of methoxy groups -OCH3 is 1. The molecule has 2 aliphatic heterocycles. The summed E-state index contributed by atoms with van der Waals surface area (Å²) in [6.07, 6.45) is 2.89. The molecule has 1 amide bonds. The topological polar surface area (TPSA) is 44.8 Å². The Morgan fingerprint density at radius 2 is 2.08 bits per heavy atom. The molecule has 2 saturated heterocycles. The Hall–Kier alpha value is -0.820. The predicted octanol–water partition coefficient (Wildman–Crippen LogP) is 2.84. The van der Waals surface area contributed by atoms with Crippen molar-refractivity contribution >= 4 is 34.2 Å². The van der Waals surface area contributed by atoms with Gasteiger partial charge < -0.3 is 15.0 Å². The van der Waals surface area contributed by atoms with Crippen LogP contribution in [0.25, 0.3) is 0 Å². The molecule has 1 unspecified atom stereocenters. The number of carbonyl (C=O) groups excluding carboxylic acids is 1. The number of amides is 1. The van der Waals surface area contributed by atoms with Gasteiger partial charge in [-0.15, -0.1) is 12.4 Å². The van der Waals surface area contributed by atoms with Crippen molar-refractivity contribution in [2.45, 2.75) is 25.3 Å². The fraction of sp³-hybridized carbons (Fsp3) is 0.611. The van der Waals surface area contributed by atoms with Crippen LogP contribution in [0, 0.1) is 0 Å². The van der Waals surface area contributed by atoms with Gasteiger partial charge in [-0.1, -0.05) is 15.9 Å². The third-order valence-corrected chi connectivity index (χ3v) is 5.49. The van der Waals surface area contributed by atoms with Crippen molar-refractivity contribution in [3.05, 3.63) is 28.2 Å². The maximum Gasteiger partial charge on any atom is 0.223 e. The second kappa shape index (κ2) is 9.76. The summed E-state index contributed by atoms with van der Waals surface area (Å²) in [5.41, 5.74) is 1.22. The lowest BCUT2D eigenvalue weighted by molar-refractivity contribution is -0.132. The van der Waals surface area contributed by atoms with Gasteiger partial charge in [0.1, 0.15) is 5.75 Å². The van der Waals surface area contributed by atoms with E-state index in [1.807, 2.05) is 17.0 Å². The number of benzene rings is 1. The number of carbonyl (C=O) groups is 1. The average molecular weight is 433 g/mol. The predicted molar refractivity (Wildman–Crippen MR) is 106 cm³/mol. The van der Waals surface area contributed by atoms with Gasteiger partial charge in [-0.05, 0) is 37.6 Å². The number of nitrogens with zero attached hydrogens (tertiary/aromatic N) is 2. The number of halogens is 2. The first-order valence-electron chi connectivity index (χ1n) is 8.75. The molecule has 140 valence electrons. The quantitative estimate of drug-likeness (QED) is 0.777. The first-order valence-corrected chi connectivity index (χ1v) is 9.54. The number of rotatable bonds is 5. The largest absolute Gasteiger partial charge is 0.496 e. The zero-order chi connectivity index (χ0) is 16.9. The molecule has 25 heavy (non-hydrogen) atoms. The molecule has 1 aromatic rings. The Bertz CT molecular complexity index is 581.